The van der Waals surface area contributed by atoms with Gasteiger partial charge in [0.2, 0.25) is 0 Å². The van der Waals surface area contributed by atoms with E-state index in [4.69, 9.17) is 4.74 Å². The number of rotatable bonds is 5. The van der Waals surface area contributed by atoms with Crippen molar-refractivity contribution < 1.29 is 31.8 Å². The van der Waals surface area contributed by atoms with Gasteiger partial charge < -0.3 is 14.5 Å². The minimum atomic E-state index is -4.80. The Hall–Kier alpha value is -3.81. The monoisotopic (exact) mass is 429 g/mol. The van der Waals surface area contributed by atoms with Crippen molar-refractivity contribution >= 4 is 16.7 Å². The van der Waals surface area contributed by atoms with E-state index < -0.39 is 18.0 Å². The van der Waals surface area contributed by atoms with Crippen molar-refractivity contribution in [3.63, 3.8) is 0 Å². The van der Waals surface area contributed by atoms with Crippen LogP contribution in [0.5, 0.6) is 11.5 Å². The van der Waals surface area contributed by atoms with Gasteiger partial charge in [0.25, 0.3) is 0 Å². The Balaban J connectivity index is 1.76. The highest BCUT2D eigenvalue weighted by Crippen LogP contribution is 2.32. The van der Waals surface area contributed by atoms with Crippen LogP contribution in [0.15, 0.2) is 66.9 Å². The Bertz CT molecular complexity index is 1280. The third-order valence-corrected chi connectivity index (χ3v) is 4.76. The number of halogens is 4. The minimum absolute atomic E-state index is 0.0483. The van der Waals surface area contributed by atoms with Crippen LogP contribution in [-0.2, 0) is 0 Å². The van der Waals surface area contributed by atoms with E-state index >= 15 is 0 Å². The lowest BCUT2D eigenvalue weighted by Gasteiger charge is -2.10. The number of ether oxygens (including phenoxy) is 2. The number of H-pyrrole nitrogens is 1. The lowest BCUT2D eigenvalue weighted by molar-refractivity contribution is -0.274. The molecule has 0 fully saturated rings. The van der Waals surface area contributed by atoms with Gasteiger partial charge in [-0.05, 0) is 47.5 Å². The van der Waals surface area contributed by atoms with Crippen LogP contribution in [0.4, 0.5) is 17.6 Å². The molecule has 0 aliphatic heterocycles. The molecule has 8 heteroatoms. The van der Waals surface area contributed by atoms with Crippen LogP contribution in [0.3, 0.4) is 0 Å². The fourth-order valence-electron chi connectivity index (χ4n) is 3.35. The molecular formula is C23H15F4NO3. The quantitative estimate of drug-likeness (QED) is 0.308. The summed E-state index contributed by atoms with van der Waals surface area (Å²) in [4.78, 5) is 16.0. The van der Waals surface area contributed by atoms with E-state index in [9.17, 15) is 22.4 Å². The fraction of sp³-hybridized carbons (Fsp3) is 0.0870. The first-order valence-electron chi connectivity index (χ1n) is 9.11. The van der Waals surface area contributed by atoms with Gasteiger partial charge in [0.15, 0.2) is 17.3 Å². The third kappa shape index (κ3) is 4.09. The number of benzene rings is 3. The second kappa shape index (κ2) is 7.79. The molecule has 0 aliphatic carbocycles. The number of hydrogen-bond acceptors (Lipinski definition) is 3. The summed E-state index contributed by atoms with van der Waals surface area (Å²) in [6.45, 7) is 0. The van der Waals surface area contributed by atoms with Crippen LogP contribution in [0.1, 0.15) is 15.9 Å². The molecule has 0 saturated heterocycles. The maximum absolute atomic E-state index is 14.6. The Morgan fingerprint density at radius 1 is 0.935 bits per heavy atom. The molecule has 158 valence electrons. The van der Waals surface area contributed by atoms with Gasteiger partial charge in [-0.25, -0.2) is 4.39 Å². The molecule has 1 N–H and O–H groups in total. The summed E-state index contributed by atoms with van der Waals surface area (Å²) in [6, 6.07) is 14.9. The van der Waals surface area contributed by atoms with Crippen LogP contribution in [-0.4, -0.2) is 24.2 Å². The van der Waals surface area contributed by atoms with E-state index in [2.05, 4.69) is 9.72 Å². The molecular weight excluding hydrogens is 414 g/mol. The lowest BCUT2D eigenvalue weighted by Crippen LogP contribution is -2.17. The molecule has 0 saturated carbocycles. The predicted octanol–water partition coefficient (Wildman–Crippen LogP) is 6.11. The number of methoxy groups -OCH3 is 1. The van der Waals surface area contributed by atoms with E-state index in [1.807, 2.05) is 0 Å². The van der Waals surface area contributed by atoms with Crippen LogP contribution in [0, 0.1) is 5.82 Å². The van der Waals surface area contributed by atoms with Gasteiger partial charge in [-0.3, -0.25) is 4.79 Å². The molecule has 0 atom stereocenters. The van der Waals surface area contributed by atoms with Crippen molar-refractivity contribution in [1.29, 1.82) is 0 Å². The first kappa shape index (κ1) is 20.5. The molecule has 4 aromatic rings. The van der Waals surface area contributed by atoms with E-state index in [1.165, 1.54) is 49.7 Å². The normalized spacial score (nSPS) is 11.5. The number of aromatic amines is 1. The first-order chi connectivity index (χ1) is 14.8. The van der Waals surface area contributed by atoms with E-state index in [0.29, 0.717) is 22.0 Å². The summed E-state index contributed by atoms with van der Waals surface area (Å²) in [6.07, 6.45) is -3.33. The highest BCUT2D eigenvalue weighted by molar-refractivity contribution is 6.17. The SMILES string of the molecule is COc1cccc(C(=O)c2c[nH]c3ccc(-c4cccc(OC(F)(F)F)c4)cc23)c1F. The lowest BCUT2D eigenvalue weighted by atomic mass is 9.98. The number of carbonyl (C=O) groups is 1. The number of nitrogens with one attached hydrogen (secondary N) is 1. The topological polar surface area (TPSA) is 51.3 Å². The van der Waals surface area contributed by atoms with Crippen molar-refractivity contribution in [3.05, 3.63) is 83.8 Å². The highest BCUT2D eigenvalue weighted by atomic mass is 19.4. The Morgan fingerprint density at radius 2 is 1.68 bits per heavy atom. The molecule has 4 rings (SSSR count). The first-order valence-corrected chi connectivity index (χ1v) is 9.11. The molecule has 4 nitrogen and oxygen atoms in total. The Kier molecular flexibility index (Phi) is 5.14. The number of aromatic nitrogens is 1. The van der Waals surface area contributed by atoms with Crippen molar-refractivity contribution in [1.82, 2.24) is 4.98 Å². The molecule has 0 radical (unpaired) electrons. The van der Waals surface area contributed by atoms with Crippen LogP contribution in [0.2, 0.25) is 0 Å². The summed E-state index contributed by atoms with van der Waals surface area (Å²) in [5.74, 6) is -1.71. The van der Waals surface area contributed by atoms with Crippen molar-refractivity contribution in [2.45, 2.75) is 6.36 Å². The smallest absolute Gasteiger partial charge is 0.494 e. The van der Waals surface area contributed by atoms with E-state index in [1.54, 1.807) is 24.3 Å². The molecule has 0 bridgehead atoms. The zero-order chi connectivity index (χ0) is 22.2. The molecule has 0 amide bonds. The number of alkyl halides is 3. The average molecular weight is 429 g/mol. The van der Waals surface area contributed by atoms with Gasteiger partial charge in [-0.2, -0.15) is 0 Å². The molecule has 3 aromatic carbocycles. The second-order valence-electron chi connectivity index (χ2n) is 6.69. The largest absolute Gasteiger partial charge is 0.573 e. The molecule has 31 heavy (non-hydrogen) atoms. The van der Waals surface area contributed by atoms with Crippen LogP contribution >= 0.6 is 0 Å². The number of carbonyl (C=O) groups excluding carboxylic acids is 1. The summed E-state index contributed by atoms with van der Waals surface area (Å²) in [5, 5.41) is 0.506. The van der Waals surface area contributed by atoms with E-state index in [-0.39, 0.29) is 22.6 Å². The minimum Gasteiger partial charge on any atom is -0.494 e. The average Bonchev–Trinajstić information content (AvgIpc) is 3.15. The molecule has 0 unspecified atom stereocenters. The summed E-state index contributed by atoms with van der Waals surface area (Å²) < 4.78 is 61.1. The van der Waals surface area contributed by atoms with Gasteiger partial charge in [0, 0.05) is 22.7 Å². The van der Waals surface area contributed by atoms with Gasteiger partial charge in [0.1, 0.15) is 5.75 Å². The molecule has 0 aliphatic rings. The summed E-state index contributed by atoms with van der Waals surface area (Å²) in [7, 11) is 1.31. The number of fused-ring (bicyclic) bond motifs is 1. The Morgan fingerprint density at radius 3 is 2.42 bits per heavy atom. The van der Waals surface area contributed by atoms with Gasteiger partial charge in [-0.1, -0.05) is 24.3 Å². The van der Waals surface area contributed by atoms with E-state index in [0.717, 1.165) is 0 Å². The van der Waals surface area contributed by atoms with Crippen molar-refractivity contribution in [3.8, 4) is 22.6 Å². The van der Waals surface area contributed by atoms with Crippen LogP contribution < -0.4 is 9.47 Å². The zero-order valence-electron chi connectivity index (χ0n) is 16.1. The van der Waals surface area contributed by atoms with Gasteiger partial charge in [0.05, 0.1) is 12.7 Å². The summed E-state index contributed by atoms with van der Waals surface area (Å²) in [5.41, 5.74) is 1.74. The van der Waals surface area contributed by atoms with Gasteiger partial charge in [-0.15, -0.1) is 13.2 Å². The summed E-state index contributed by atoms with van der Waals surface area (Å²) >= 11 is 0. The number of ketones is 1. The van der Waals surface area contributed by atoms with Gasteiger partial charge >= 0.3 is 6.36 Å². The predicted molar refractivity (Wildman–Crippen MR) is 107 cm³/mol. The Labute approximate surface area is 174 Å². The van der Waals surface area contributed by atoms with Crippen LogP contribution in [0.25, 0.3) is 22.0 Å². The van der Waals surface area contributed by atoms with Crippen molar-refractivity contribution in [2.24, 2.45) is 0 Å². The fourth-order valence-corrected chi connectivity index (χ4v) is 3.35. The standard InChI is InChI=1S/C23H15F4NO3/c1-30-20-7-3-6-16(21(20)24)22(29)18-12-28-19-9-8-14(11-17(18)19)13-4-2-5-15(10-13)31-23(25,26)27/h2-12,28H,1H3. The second-order valence-corrected chi connectivity index (χ2v) is 6.69. The third-order valence-electron chi connectivity index (χ3n) is 4.76. The molecule has 1 aromatic heterocycles. The maximum Gasteiger partial charge on any atom is 0.573 e. The molecule has 1 heterocycles. The highest BCUT2D eigenvalue weighted by Gasteiger charge is 2.31. The number of hydrogen-bond donors (Lipinski definition) is 1. The molecule has 0 spiro atoms. The van der Waals surface area contributed by atoms with Crippen molar-refractivity contribution in [2.75, 3.05) is 7.11 Å². The maximum atomic E-state index is 14.6. The zero-order valence-corrected chi connectivity index (χ0v) is 16.1.